The van der Waals surface area contributed by atoms with Crippen LogP contribution in [0.2, 0.25) is 10.0 Å². The maximum atomic E-state index is 12.4. The van der Waals surface area contributed by atoms with E-state index in [0.717, 1.165) is 24.1 Å². The van der Waals surface area contributed by atoms with Crippen LogP contribution in [0.5, 0.6) is 0 Å². The van der Waals surface area contributed by atoms with Crippen LogP contribution in [0.4, 0.5) is 0 Å². The zero-order chi connectivity index (χ0) is 16.4. The summed E-state index contributed by atoms with van der Waals surface area (Å²) in [6, 6.07) is 5.44. The molecular formula is C17H20Cl2N2O2. The van der Waals surface area contributed by atoms with Gasteiger partial charge in [0.2, 0.25) is 5.91 Å². The van der Waals surface area contributed by atoms with Crippen molar-refractivity contribution in [2.75, 3.05) is 13.1 Å². The van der Waals surface area contributed by atoms with Gasteiger partial charge in [0.15, 0.2) is 6.10 Å². The van der Waals surface area contributed by atoms with Crippen molar-refractivity contribution in [1.29, 1.82) is 0 Å². The summed E-state index contributed by atoms with van der Waals surface area (Å²) in [7, 11) is 0. The van der Waals surface area contributed by atoms with Gasteiger partial charge in [-0.2, -0.15) is 0 Å². The average molecular weight is 355 g/mol. The van der Waals surface area contributed by atoms with Gasteiger partial charge in [0, 0.05) is 24.4 Å². The number of benzene rings is 1. The predicted octanol–water partition coefficient (Wildman–Crippen LogP) is 4.14. The molecule has 0 N–H and O–H groups in total. The molecule has 0 spiro atoms. The molecule has 6 heteroatoms. The number of carbonyl (C=O) groups excluding carboxylic acids is 1. The topological polar surface area (TPSA) is 41.9 Å². The third-order valence-corrected chi connectivity index (χ3v) is 5.30. The molecule has 0 aromatic heterocycles. The van der Waals surface area contributed by atoms with E-state index < -0.39 is 0 Å². The molecule has 1 aliphatic carbocycles. The van der Waals surface area contributed by atoms with Gasteiger partial charge in [-0.3, -0.25) is 4.79 Å². The van der Waals surface area contributed by atoms with Gasteiger partial charge in [0.1, 0.15) is 0 Å². The Hall–Kier alpha value is -1.26. The predicted molar refractivity (Wildman–Crippen MR) is 92.1 cm³/mol. The third-order valence-electron chi connectivity index (χ3n) is 4.56. The Morgan fingerprint density at radius 1 is 1.35 bits per heavy atom. The van der Waals surface area contributed by atoms with E-state index in [9.17, 15) is 4.79 Å². The highest BCUT2D eigenvalue weighted by Gasteiger charge is 2.32. The lowest BCUT2D eigenvalue weighted by atomic mass is 9.84. The van der Waals surface area contributed by atoms with Crippen LogP contribution >= 0.6 is 23.2 Å². The second-order valence-electron chi connectivity index (χ2n) is 6.10. The highest BCUT2D eigenvalue weighted by atomic mass is 35.5. The van der Waals surface area contributed by atoms with Gasteiger partial charge in [-0.25, -0.2) is 0 Å². The van der Waals surface area contributed by atoms with Gasteiger partial charge in [0.05, 0.1) is 22.3 Å². The number of amides is 1. The summed E-state index contributed by atoms with van der Waals surface area (Å²) in [5.74, 6) is 0.470. The lowest BCUT2D eigenvalue weighted by Gasteiger charge is -2.31. The van der Waals surface area contributed by atoms with E-state index in [1.807, 2.05) is 17.9 Å². The van der Waals surface area contributed by atoms with Gasteiger partial charge in [-0.15, -0.1) is 0 Å². The van der Waals surface area contributed by atoms with E-state index in [-0.39, 0.29) is 17.9 Å². The molecule has 23 heavy (non-hydrogen) atoms. The number of hydrogen-bond donors (Lipinski definition) is 0. The first-order valence-electron chi connectivity index (χ1n) is 8.05. The van der Waals surface area contributed by atoms with Gasteiger partial charge < -0.3 is 9.74 Å². The van der Waals surface area contributed by atoms with Gasteiger partial charge in [-0.05, 0) is 31.9 Å². The molecule has 1 amide bonds. The van der Waals surface area contributed by atoms with E-state index in [1.165, 1.54) is 6.42 Å². The van der Waals surface area contributed by atoms with Crippen molar-refractivity contribution in [2.24, 2.45) is 11.1 Å². The molecule has 1 aromatic carbocycles. The summed E-state index contributed by atoms with van der Waals surface area (Å²) >= 11 is 12.0. The monoisotopic (exact) mass is 354 g/mol. The molecule has 1 fully saturated rings. The number of likely N-dealkylation sites (N-methyl/N-ethyl adjacent to an activating group) is 1. The number of halogens is 2. The van der Waals surface area contributed by atoms with Gasteiger partial charge in [-0.1, -0.05) is 40.8 Å². The van der Waals surface area contributed by atoms with Crippen molar-refractivity contribution in [1.82, 2.24) is 4.90 Å². The molecule has 1 atom stereocenters. The zero-order valence-electron chi connectivity index (χ0n) is 13.1. The van der Waals surface area contributed by atoms with E-state index >= 15 is 0 Å². The maximum absolute atomic E-state index is 12.4. The smallest absolute Gasteiger partial charge is 0.225 e. The van der Waals surface area contributed by atoms with Crippen LogP contribution in [0.3, 0.4) is 0 Å². The lowest BCUT2D eigenvalue weighted by Crippen LogP contribution is -2.42. The number of nitrogens with zero attached hydrogens (tertiary/aromatic N) is 2. The summed E-state index contributed by atoms with van der Waals surface area (Å²) in [6.45, 7) is 3.30. The highest BCUT2D eigenvalue weighted by Crippen LogP contribution is 2.29. The quantitative estimate of drug-likeness (QED) is 0.797. The van der Waals surface area contributed by atoms with Crippen LogP contribution in [-0.4, -0.2) is 35.7 Å². The summed E-state index contributed by atoms with van der Waals surface area (Å²) in [5.41, 5.74) is 1.76. The van der Waals surface area contributed by atoms with Crippen LogP contribution in [-0.2, 0) is 9.63 Å². The number of carbonyl (C=O) groups is 1. The maximum Gasteiger partial charge on any atom is 0.225 e. The fourth-order valence-electron chi connectivity index (χ4n) is 2.91. The second-order valence-corrected chi connectivity index (χ2v) is 6.92. The Bertz CT molecular complexity index is 629. The Balaban J connectivity index is 1.59. The molecule has 0 saturated heterocycles. The Morgan fingerprint density at radius 2 is 2.13 bits per heavy atom. The minimum atomic E-state index is -0.0940. The summed E-state index contributed by atoms with van der Waals surface area (Å²) in [4.78, 5) is 19.8. The van der Waals surface area contributed by atoms with Crippen LogP contribution in [0.25, 0.3) is 0 Å². The van der Waals surface area contributed by atoms with Crippen molar-refractivity contribution < 1.29 is 9.63 Å². The minimum absolute atomic E-state index is 0.0940. The van der Waals surface area contributed by atoms with Crippen molar-refractivity contribution in [3.05, 3.63) is 33.8 Å². The van der Waals surface area contributed by atoms with E-state index in [0.29, 0.717) is 29.6 Å². The molecule has 1 aliphatic heterocycles. The van der Waals surface area contributed by atoms with Crippen molar-refractivity contribution in [3.8, 4) is 0 Å². The number of hydrogen-bond acceptors (Lipinski definition) is 3. The molecular weight excluding hydrogens is 335 g/mol. The average Bonchev–Trinajstić information content (AvgIpc) is 2.94. The second kappa shape index (κ2) is 7.10. The Kier molecular flexibility index (Phi) is 5.12. The van der Waals surface area contributed by atoms with Gasteiger partial charge >= 0.3 is 0 Å². The van der Waals surface area contributed by atoms with E-state index in [2.05, 4.69) is 5.16 Å². The SMILES string of the molecule is CCN(C[C@H]1CC(c2ccc(Cl)c(Cl)c2)=NO1)C(=O)C1CCC1. The molecule has 0 unspecified atom stereocenters. The third kappa shape index (κ3) is 3.64. The largest absolute Gasteiger partial charge is 0.390 e. The molecule has 4 nitrogen and oxygen atoms in total. The standard InChI is InChI=1S/C17H20Cl2N2O2/c1-2-21(17(22)11-4-3-5-11)10-13-9-16(20-23-13)12-6-7-14(18)15(19)8-12/h6-8,11,13H,2-5,9-10H2,1H3/t13-/m1/s1. The van der Waals surface area contributed by atoms with Gasteiger partial charge in [0.25, 0.3) is 0 Å². The van der Waals surface area contributed by atoms with Crippen molar-refractivity contribution in [3.63, 3.8) is 0 Å². The molecule has 1 aromatic rings. The number of oxime groups is 1. The summed E-state index contributed by atoms with van der Waals surface area (Å²) in [6.07, 6.45) is 3.78. The van der Waals surface area contributed by atoms with Crippen LogP contribution < -0.4 is 0 Å². The molecule has 1 saturated carbocycles. The van der Waals surface area contributed by atoms with Crippen molar-refractivity contribution in [2.45, 2.75) is 38.7 Å². The van der Waals surface area contributed by atoms with Crippen molar-refractivity contribution >= 4 is 34.8 Å². The first-order valence-corrected chi connectivity index (χ1v) is 8.81. The van der Waals surface area contributed by atoms with E-state index in [4.69, 9.17) is 28.0 Å². The molecule has 0 radical (unpaired) electrons. The fraction of sp³-hybridized carbons (Fsp3) is 0.529. The normalized spacial score (nSPS) is 20.7. The summed E-state index contributed by atoms with van der Waals surface area (Å²) < 4.78 is 0. The molecule has 124 valence electrons. The molecule has 3 rings (SSSR count). The van der Waals surface area contributed by atoms with Crippen LogP contribution in [0.15, 0.2) is 23.4 Å². The first-order chi connectivity index (χ1) is 11.1. The Morgan fingerprint density at radius 3 is 2.74 bits per heavy atom. The first kappa shape index (κ1) is 16.6. The van der Waals surface area contributed by atoms with Crippen LogP contribution in [0, 0.1) is 5.92 Å². The molecule has 1 heterocycles. The zero-order valence-corrected chi connectivity index (χ0v) is 14.6. The molecule has 2 aliphatic rings. The van der Waals surface area contributed by atoms with E-state index in [1.54, 1.807) is 12.1 Å². The number of rotatable bonds is 5. The lowest BCUT2D eigenvalue weighted by molar-refractivity contribution is -0.139. The summed E-state index contributed by atoms with van der Waals surface area (Å²) in [5, 5.41) is 5.19. The highest BCUT2D eigenvalue weighted by molar-refractivity contribution is 6.42. The Labute approximate surface area is 146 Å². The van der Waals surface area contributed by atoms with Crippen LogP contribution in [0.1, 0.15) is 38.2 Å². The fourth-order valence-corrected chi connectivity index (χ4v) is 3.20. The molecule has 0 bridgehead atoms. The minimum Gasteiger partial charge on any atom is -0.390 e.